The van der Waals surface area contributed by atoms with E-state index < -0.39 is 11.8 Å². The highest BCUT2D eigenvalue weighted by Gasteiger charge is 2.23. The molecule has 2 aromatic heterocycles. The summed E-state index contributed by atoms with van der Waals surface area (Å²) >= 11 is 1.53. The number of rotatable bonds is 6. The van der Waals surface area contributed by atoms with E-state index in [1.54, 1.807) is 29.4 Å². The lowest BCUT2D eigenvalue weighted by molar-refractivity contribution is -0.139. The van der Waals surface area contributed by atoms with Gasteiger partial charge in [0.25, 0.3) is 0 Å². The lowest BCUT2D eigenvalue weighted by Crippen LogP contribution is -2.44. The van der Waals surface area contributed by atoms with Crippen LogP contribution in [0.5, 0.6) is 0 Å². The van der Waals surface area contributed by atoms with Crippen LogP contribution in [-0.2, 0) is 20.9 Å². The third kappa shape index (κ3) is 5.82. The molecular formula is C20H23N3O4S. The lowest BCUT2D eigenvalue weighted by atomic mass is 9.96. The van der Waals surface area contributed by atoms with Crippen molar-refractivity contribution in [3.63, 3.8) is 0 Å². The topological polar surface area (TPSA) is 91.7 Å². The van der Waals surface area contributed by atoms with Gasteiger partial charge in [-0.2, -0.15) is 0 Å². The zero-order valence-corrected chi connectivity index (χ0v) is 16.2. The Morgan fingerprint density at radius 1 is 1.14 bits per heavy atom. The largest absolute Gasteiger partial charge is 0.465 e. The molecule has 0 spiro atoms. The van der Waals surface area contributed by atoms with Gasteiger partial charge in [0, 0.05) is 30.6 Å². The van der Waals surface area contributed by atoms with Crippen LogP contribution in [0.25, 0.3) is 6.08 Å². The second-order valence-corrected chi connectivity index (χ2v) is 7.62. The Morgan fingerprint density at radius 2 is 1.93 bits per heavy atom. The number of piperidine rings is 1. The molecular weight excluding hydrogens is 378 g/mol. The van der Waals surface area contributed by atoms with Crippen molar-refractivity contribution < 1.29 is 18.8 Å². The number of nitrogens with zero attached hydrogens (tertiary/aromatic N) is 1. The Balaban J connectivity index is 1.34. The van der Waals surface area contributed by atoms with Crippen molar-refractivity contribution in [1.82, 2.24) is 15.5 Å². The van der Waals surface area contributed by atoms with E-state index in [1.165, 1.54) is 17.4 Å². The molecule has 1 saturated heterocycles. The highest BCUT2D eigenvalue weighted by atomic mass is 32.1. The molecule has 0 saturated carbocycles. The predicted octanol–water partition coefficient (Wildman–Crippen LogP) is 2.03. The highest BCUT2D eigenvalue weighted by Crippen LogP contribution is 2.17. The van der Waals surface area contributed by atoms with Gasteiger partial charge in [-0.25, -0.2) is 0 Å². The molecule has 1 fully saturated rings. The molecule has 1 aliphatic rings. The molecule has 2 aromatic rings. The summed E-state index contributed by atoms with van der Waals surface area (Å²) in [6.07, 6.45) is 6.31. The Hall–Kier alpha value is -2.87. The molecule has 1 aliphatic heterocycles. The summed E-state index contributed by atoms with van der Waals surface area (Å²) < 4.78 is 5.17. The van der Waals surface area contributed by atoms with E-state index >= 15 is 0 Å². The van der Waals surface area contributed by atoms with Crippen LogP contribution in [0, 0.1) is 5.92 Å². The maximum absolute atomic E-state index is 12.2. The average Bonchev–Trinajstić information content (AvgIpc) is 3.42. The van der Waals surface area contributed by atoms with Gasteiger partial charge < -0.3 is 20.0 Å². The first kappa shape index (κ1) is 19.9. The van der Waals surface area contributed by atoms with Crippen LogP contribution < -0.4 is 10.6 Å². The molecule has 148 valence electrons. The zero-order chi connectivity index (χ0) is 19.8. The Morgan fingerprint density at radius 3 is 2.61 bits per heavy atom. The molecule has 0 unspecified atom stereocenters. The minimum atomic E-state index is -0.621. The molecule has 7 nitrogen and oxygen atoms in total. The van der Waals surface area contributed by atoms with E-state index in [1.807, 2.05) is 17.5 Å². The summed E-state index contributed by atoms with van der Waals surface area (Å²) in [5.74, 6) is -0.386. The number of nitrogens with one attached hydrogen (secondary N) is 2. The molecule has 3 rings (SSSR count). The molecule has 0 radical (unpaired) electrons. The molecule has 3 heterocycles. The maximum Gasteiger partial charge on any atom is 0.309 e. The van der Waals surface area contributed by atoms with Gasteiger partial charge in [0.05, 0.1) is 12.8 Å². The maximum atomic E-state index is 12.2. The van der Waals surface area contributed by atoms with Crippen molar-refractivity contribution in [2.45, 2.75) is 19.4 Å². The first-order chi connectivity index (χ1) is 13.6. The minimum absolute atomic E-state index is 0.0492. The van der Waals surface area contributed by atoms with Gasteiger partial charge in [0.15, 0.2) is 0 Å². The van der Waals surface area contributed by atoms with Gasteiger partial charge >= 0.3 is 11.8 Å². The number of furan rings is 1. The van der Waals surface area contributed by atoms with E-state index in [4.69, 9.17) is 4.42 Å². The van der Waals surface area contributed by atoms with Crippen LogP contribution in [0.1, 0.15) is 23.5 Å². The smallest absolute Gasteiger partial charge is 0.309 e. The van der Waals surface area contributed by atoms with Crippen molar-refractivity contribution in [2.75, 3.05) is 19.6 Å². The minimum Gasteiger partial charge on any atom is -0.465 e. The number of hydrogen-bond acceptors (Lipinski definition) is 5. The standard InChI is InChI=1S/C20H23N3O4S/c24-18(6-5-16-3-1-11-27-16)23-9-7-15(8-10-23)13-21-19(25)20(26)22-14-17-4-2-12-28-17/h1-6,11-12,15H,7-10,13-14H2,(H,21,25)(H,22,26)/b6-5+. The predicted molar refractivity (Wildman–Crippen MR) is 106 cm³/mol. The summed E-state index contributed by atoms with van der Waals surface area (Å²) in [6, 6.07) is 7.36. The molecule has 0 aromatic carbocycles. The quantitative estimate of drug-likeness (QED) is 0.572. The van der Waals surface area contributed by atoms with Crippen LogP contribution in [0.2, 0.25) is 0 Å². The third-order valence-electron chi connectivity index (χ3n) is 4.62. The summed E-state index contributed by atoms with van der Waals surface area (Å²) in [7, 11) is 0. The fourth-order valence-electron chi connectivity index (χ4n) is 2.98. The van der Waals surface area contributed by atoms with Crippen LogP contribution in [0.4, 0.5) is 0 Å². The fourth-order valence-corrected chi connectivity index (χ4v) is 3.63. The normalized spacial score (nSPS) is 14.9. The van der Waals surface area contributed by atoms with Gasteiger partial charge in [0.1, 0.15) is 5.76 Å². The monoisotopic (exact) mass is 401 g/mol. The number of amides is 3. The van der Waals surface area contributed by atoms with E-state index in [9.17, 15) is 14.4 Å². The van der Waals surface area contributed by atoms with Crippen LogP contribution in [0.3, 0.4) is 0 Å². The molecule has 0 aliphatic carbocycles. The van der Waals surface area contributed by atoms with Crippen molar-refractivity contribution in [3.8, 4) is 0 Å². The van der Waals surface area contributed by atoms with E-state index in [2.05, 4.69) is 10.6 Å². The number of hydrogen-bond donors (Lipinski definition) is 2. The molecule has 0 atom stereocenters. The van der Waals surface area contributed by atoms with Gasteiger partial charge in [0.2, 0.25) is 5.91 Å². The van der Waals surface area contributed by atoms with Gasteiger partial charge in [-0.05, 0) is 48.4 Å². The SMILES string of the molecule is O=C(NCc1cccs1)C(=O)NCC1CCN(C(=O)/C=C/c2ccco2)CC1. The van der Waals surface area contributed by atoms with Crippen LogP contribution in [-0.4, -0.2) is 42.3 Å². The van der Waals surface area contributed by atoms with Crippen molar-refractivity contribution in [1.29, 1.82) is 0 Å². The number of likely N-dealkylation sites (tertiary alicyclic amines) is 1. The Labute approximate surface area is 167 Å². The second kappa shape index (κ2) is 9.89. The summed E-state index contributed by atoms with van der Waals surface area (Å²) in [5, 5.41) is 7.23. The number of thiophene rings is 1. The van der Waals surface area contributed by atoms with E-state index in [0.29, 0.717) is 31.9 Å². The Bertz CT molecular complexity index is 807. The first-order valence-corrected chi connectivity index (χ1v) is 10.1. The third-order valence-corrected chi connectivity index (χ3v) is 5.50. The van der Waals surface area contributed by atoms with Crippen LogP contribution in [0.15, 0.2) is 46.4 Å². The van der Waals surface area contributed by atoms with Crippen molar-refractivity contribution >= 4 is 35.1 Å². The highest BCUT2D eigenvalue weighted by molar-refractivity contribution is 7.09. The van der Waals surface area contributed by atoms with E-state index in [0.717, 1.165) is 17.7 Å². The van der Waals surface area contributed by atoms with Crippen LogP contribution >= 0.6 is 11.3 Å². The van der Waals surface area contributed by atoms with Gasteiger partial charge in [-0.1, -0.05) is 6.07 Å². The number of carbonyl (C=O) groups is 3. The van der Waals surface area contributed by atoms with Gasteiger partial charge in [-0.3, -0.25) is 14.4 Å². The Kier molecular flexibility index (Phi) is 7.02. The fraction of sp³-hybridized carbons (Fsp3) is 0.350. The second-order valence-electron chi connectivity index (χ2n) is 6.59. The van der Waals surface area contributed by atoms with E-state index in [-0.39, 0.29) is 11.8 Å². The lowest BCUT2D eigenvalue weighted by Gasteiger charge is -2.31. The molecule has 0 bridgehead atoms. The summed E-state index contributed by atoms with van der Waals surface area (Å²) in [4.78, 5) is 38.7. The molecule has 2 N–H and O–H groups in total. The molecule has 8 heteroatoms. The summed E-state index contributed by atoms with van der Waals surface area (Å²) in [6.45, 7) is 2.06. The molecule has 3 amide bonds. The zero-order valence-electron chi connectivity index (χ0n) is 15.4. The molecule has 28 heavy (non-hydrogen) atoms. The summed E-state index contributed by atoms with van der Waals surface area (Å²) in [5.41, 5.74) is 0. The van der Waals surface area contributed by atoms with Crippen molar-refractivity contribution in [2.24, 2.45) is 5.92 Å². The first-order valence-electron chi connectivity index (χ1n) is 9.20. The van der Waals surface area contributed by atoms with Crippen molar-refractivity contribution in [3.05, 3.63) is 52.6 Å². The van der Waals surface area contributed by atoms with Gasteiger partial charge in [-0.15, -0.1) is 11.3 Å². The number of carbonyl (C=O) groups excluding carboxylic acids is 3. The average molecular weight is 401 g/mol.